The lowest BCUT2D eigenvalue weighted by molar-refractivity contribution is -0.135. The van der Waals surface area contributed by atoms with Crippen LogP contribution >= 0.6 is 11.6 Å². The molecule has 1 fully saturated rings. The summed E-state index contributed by atoms with van der Waals surface area (Å²) in [6.45, 7) is 3.45. The number of halogens is 1. The van der Waals surface area contributed by atoms with Crippen molar-refractivity contribution in [3.05, 3.63) is 47.0 Å². The lowest BCUT2D eigenvalue weighted by Crippen LogP contribution is -2.49. The molecule has 1 saturated heterocycles. The van der Waals surface area contributed by atoms with E-state index in [0.29, 0.717) is 41.9 Å². The summed E-state index contributed by atoms with van der Waals surface area (Å²) in [5, 5.41) is 10.7. The molecule has 1 aliphatic heterocycles. The monoisotopic (exact) mass is 420 g/mol. The van der Waals surface area contributed by atoms with Gasteiger partial charge >= 0.3 is 0 Å². The summed E-state index contributed by atoms with van der Waals surface area (Å²) in [5.74, 6) is 1.35. The quantitative estimate of drug-likeness (QED) is 0.742. The highest BCUT2D eigenvalue weighted by Gasteiger charge is 2.22. The van der Waals surface area contributed by atoms with Gasteiger partial charge in [0.25, 0.3) is 5.91 Å². The summed E-state index contributed by atoms with van der Waals surface area (Å²) >= 11 is 5.85. The van der Waals surface area contributed by atoms with E-state index in [4.69, 9.17) is 25.8 Å². The molecule has 1 aliphatic rings. The van der Waals surface area contributed by atoms with E-state index in [2.05, 4.69) is 4.90 Å². The van der Waals surface area contributed by atoms with Crippen LogP contribution in [0.5, 0.6) is 23.0 Å². The molecule has 0 saturated carbocycles. The molecule has 0 radical (unpaired) electrons. The number of phenolic OH excluding ortho intramolecular Hbond substituents is 1. The van der Waals surface area contributed by atoms with E-state index in [0.717, 1.165) is 18.7 Å². The third kappa shape index (κ3) is 5.46. The van der Waals surface area contributed by atoms with Crippen LogP contribution in [0.25, 0.3) is 0 Å². The molecule has 0 bridgehead atoms. The van der Waals surface area contributed by atoms with E-state index >= 15 is 0 Å². The average molecular weight is 421 g/mol. The number of ether oxygens (including phenoxy) is 3. The van der Waals surface area contributed by atoms with E-state index in [1.54, 1.807) is 36.4 Å². The number of carbonyl (C=O) groups is 1. The fraction of sp³-hybridized carbons (Fsp3) is 0.381. The third-order valence-electron chi connectivity index (χ3n) is 4.85. The molecular weight excluding hydrogens is 396 g/mol. The molecule has 2 aromatic rings. The van der Waals surface area contributed by atoms with Crippen molar-refractivity contribution in [3.8, 4) is 23.0 Å². The second-order valence-electron chi connectivity index (χ2n) is 6.75. The van der Waals surface area contributed by atoms with Gasteiger partial charge in [0, 0.05) is 37.7 Å². The van der Waals surface area contributed by atoms with Crippen molar-refractivity contribution in [2.45, 2.75) is 6.54 Å². The summed E-state index contributed by atoms with van der Waals surface area (Å²) in [7, 11) is 3.02. The van der Waals surface area contributed by atoms with Crippen LogP contribution in [0, 0.1) is 0 Å². The molecule has 7 nitrogen and oxygen atoms in total. The maximum Gasteiger partial charge on any atom is 0.260 e. The normalized spacial score (nSPS) is 14.5. The fourth-order valence-electron chi connectivity index (χ4n) is 3.22. The molecule has 1 heterocycles. The van der Waals surface area contributed by atoms with Crippen molar-refractivity contribution < 1.29 is 24.1 Å². The van der Waals surface area contributed by atoms with Crippen LogP contribution in [0.15, 0.2) is 36.4 Å². The van der Waals surface area contributed by atoms with Crippen LogP contribution < -0.4 is 14.2 Å². The van der Waals surface area contributed by atoms with Crippen LogP contribution in [-0.2, 0) is 11.3 Å². The standard InChI is InChI=1S/C21H25ClN2O5/c1-27-18-11-15(12-19(28-2)21(18)26)13-23-7-9-24(10-8-23)20(25)14-29-17-5-3-16(22)4-6-17/h3-6,11-12,26H,7-10,13-14H2,1-2H3. The summed E-state index contributed by atoms with van der Waals surface area (Å²) in [6.07, 6.45) is 0. The van der Waals surface area contributed by atoms with Gasteiger partial charge in [0.15, 0.2) is 18.1 Å². The highest BCUT2D eigenvalue weighted by atomic mass is 35.5. The number of aromatic hydroxyl groups is 1. The van der Waals surface area contributed by atoms with Crippen molar-refractivity contribution in [2.75, 3.05) is 47.0 Å². The first kappa shape index (κ1) is 21.1. The van der Waals surface area contributed by atoms with Gasteiger partial charge in [0.2, 0.25) is 5.75 Å². The van der Waals surface area contributed by atoms with Crippen LogP contribution in [-0.4, -0.2) is 67.8 Å². The Labute approximate surface area is 175 Å². The molecule has 0 atom stereocenters. The Bertz CT molecular complexity index is 810. The van der Waals surface area contributed by atoms with E-state index in [1.165, 1.54) is 14.2 Å². The van der Waals surface area contributed by atoms with E-state index in [-0.39, 0.29) is 18.3 Å². The number of hydrogen-bond donors (Lipinski definition) is 1. The van der Waals surface area contributed by atoms with Gasteiger partial charge in [-0.1, -0.05) is 11.6 Å². The second-order valence-corrected chi connectivity index (χ2v) is 7.18. The molecule has 2 aromatic carbocycles. The van der Waals surface area contributed by atoms with Gasteiger partial charge in [-0.3, -0.25) is 9.69 Å². The van der Waals surface area contributed by atoms with Crippen LogP contribution in [0.2, 0.25) is 5.02 Å². The maximum absolute atomic E-state index is 12.4. The van der Waals surface area contributed by atoms with E-state index in [1.807, 2.05) is 4.90 Å². The molecule has 0 aromatic heterocycles. The zero-order valence-electron chi connectivity index (χ0n) is 16.6. The minimum absolute atomic E-state index is 0.00477. The Morgan fingerprint density at radius 1 is 1.03 bits per heavy atom. The number of amides is 1. The van der Waals surface area contributed by atoms with Gasteiger partial charge in [0.1, 0.15) is 5.75 Å². The number of benzene rings is 2. The zero-order chi connectivity index (χ0) is 20.8. The average Bonchev–Trinajstić information content (AvgIpc) is 2.74. The maximum atomic E-state index is 12.4. The minimum Gasteiger partial charge on any atom is -0.502 e. The first-order chi connectivity index (χ1) is 14.0. The molecule has 29 heavy (non-hydrogen) atoms. The SMILES string of the molecule is COc1cc(CN2CCN(C(=O)COc3ccc(Cl)cc3)CC2)cc(OC)c1O. The number of phenols is 1. The van der Waals surface area contributed by atoms with Crippen LogP contribution in [0.3, 0.4) is 0 Å². The molecule has 1 N–H and O–H groups in total. The number of hydrogen-bond acceptors (Lipinski definition) is 6. The smallest absolute Gasteiger partial charge is 0.260 e. The van der Waals surface area contributed by atoms with Gasteiger partial charge in [-0.05, 0) is 42.0 Å². The second kappa shape index (κ2) is 9.71. The van der Waals surface area contributed by atoms with Gasteiger partial charge in [-0.15, -0.1) is 0 Å². The fourth-order valence-corrected chi connectivity index (χ4v) is 3.35. The van der Waals surface area contributed by atoms with Crippen LogP contribution in [0.1, 0.15) is 5.56 Å². The van der Waals surface area contributed by atoms with Gasteiger partial charge in [-0.25, -0.2) is 0 Å². The Morgan fingerprint density at radius 2 is 1.62 bits per heavy atom. The summed E-state index contributed by atoms with van der Waals surface area (Å²) in [5.41, 5.74) is 0.974. The van der Waals surface area contributed by atoms with Crippen molar-refractivity contribution in [1.82, 2.24) is 9.80 Å². The van der Waals surface area contributed by atoms with Crippen molar-refractivity contribution >= 4 is 17.5 Å². The number of piperazine rings is 1. The summed E-state index contributed by atoms with van der Waals surface area (Å²) in [4.78, 5) is 16.5. The Kier molecular flexibility index (Phi) is 7.06. The molecule has 8 heteroatoms. The first-order valence-corrected chi connectivity index (χ1v) is 9.70. The Hall–Kier alpha value is -2.64. The highest BCUT2D eigenvalue weighted by molar-refractivity contribution is 6.30. The summed E-state index contributed by atoms with van der Waals surface area (Å²) in [6, 6.07) is 10.5. The molecular formula is C21H25ClN2O5. The van der Waals surface area contributed by atoms with Crippen LogP contribution in [0.4, 0.5) is 0 Å². The molecule has 0 spiro atoms. The molecule has 1 amide bonds. The Morgan fingerprint density at radius 3 is 2.17 bits per heavy atom. The topological polar surface area (TPSA) is 71.5 Å². The van der Waals surface area contributed by atoms with E-state index < -0.39 is 0 Å². The third-order valence-corrected chi connectivity index (χ3v) is 5.10. The molecule has 0 aliphatic carbocycles. The number of carbonyl (C=O) groups excluding carboxylic acids is 1. The zero-order valence-corrected chi connectivity index (χ0v) is 17.3. The number of nitrogens with zero attached hydrogens (tertiary/aromatic N) is 2. The predicted molar refractivity (Wildman–Crippen MR) is 110 cm³/mol. The molecule has 0 unspecified atom stereocenters. The van der Waals surface area contributed by atoms with Gasteiger partial charge in [-0.2, -0.15) is 0 Å². The largest absolute Gasteiger partial charge is 0.502 e. The highest BCUT2D eigenvalue weighted by Crippen LogP contribution is 2.37. The predicted octanol–water partition coefficient (Wildman–Crippen LogP) is 2.79. The lowest BCUT2D eigenvalue weighted by atomic mass is 10.1. The lowest BCUT2D eigenvalue weighted by Gasteiger charge is -2.34. The van der Waals surface area contributed by atoms with E-state index in [9.17, 15) is 9.90 Å². The van der Waals surface area contributed by atoms with Gasteiger partial charge < -0.3 is 24.2 Å². The van der Waals surface area contributed by atoms with Crippen molar-refractivity contribution in [3.63, 3.8) is 0 Å². The molecule has 156 valence electrons. The minimum atomic E-state index is -0.0347. The number of rotatable bonds is 7. The first-order valence-electron chi connectivity index (χ1n) is 9.32. The number of methoxy groups -OCH3 is 2. The molecule has 3 rings (SSSR count). The van der Waals surface area contributed by atoms with Gasteiger partial charge in [0.05, 0.1) is 14.2 Å². The summed E-state index contributed by atoms with van der Waals surface area (Å²) < 4.78 is 16.0. The van der Waals surface area contributed by atoms with Crippen molar-refractivity contribution in [2.24, 2.45) is 0 Å². The van der Waals surface area contributed by atoms with Crippen molar-refractivity contribution in [1.29, 1.82) is 0 Å². The Balaban J connectivity index is 1.50.